The number of nitrogens with zero attached hydrogens (tertiary/aromatic N) is 1. The van der Waals surface area contributed by atoms with Gasteiger partial charge >= 0.3 is 11.9 Å². The van der Waals surface area contributed by atoms with Crippen molar-refractivity contribution in [3.63, 3.8) is 0 Å². The molecule has 0 amide bonds. The Morgan fingerprint density at radius 2 is 0.917 bits per heavy atom. The molecular weight excluding hydrogens is 765 g/mol. The number of hydrogen-bond donors (Lipinski definition) is 1. The van der Waals surface area contributed by atoms with Gasteiger partial charge in [-0.3, -0.25) is 14.3 Å². The first kappa shape index (κ1) is 57.2. The average Bonchev–Trinajstić information content (AvgIpc) is 3.23. The number of carbonyl (C=O) groups is 2. The Hall–Kier alpha value is -0.830. The lowest BCUT2D eigenvalue weighted by Crippen LogP contribution is -2.42. The monoisotopic (exact) mass is 867 g/mol. The molecular formula is C52H102N2O5S. The van der Waals surface area contributed by atoms with Crippen molar-refractivity contribution in [2.75, 3.05) is 45.1 Å². The first-order chi connectivity index (χ1) is 29.4. The minimum Gasteiger partial charge on any atom is -0.462 e. The summed E-state index contributed by atoms with van der Waals surface area (Å²) >= 11 is 1.86. The first-order valence-electron chi connectivity index (χ1n) is 26.4. The normalized spacial score (nSPS) is 14.2. The minimum absolute atomic E-state index is 0.00656. The molecule has 1 unspecified atom stereocenters. The molecule has 1 N–H and O–H groups in total. The van der Waals surface area contributed by atoms with Crippen LogP contribution in [-0.4, -0.2) is 74.2 Å². The minimum atomic E-state index is 0.00656. The molecule has 1 rings (SSSR count). The molecule has 60 heavy (non-hydrogen) atoms. The molecule has 0 aliphatic carbocycles. The molecule has 0 aromatic rings. The molecule has 1 heterocycles. The summed E-state index contributed by atoms with van der Waals surface area (Å²) in [5.41, 5.74) is 0.346. The fraction of sp³-hybridized carbons (Fsp3) is 0.962. The number of nitrogens with one attached hydrogen (secondary N) is 1. The van der Waals surface area contributed by atoms with Crippen LogP contribution in [0.1, 0.15) is 259 Å². The van der Waals surface area contributed by atoms with Gasteiger partial charge in [-0.15, -0.1) is 0 Å². The third kappa shape index (κ3) is 35.6. The van der Waals surface area contributed by atoms with Crippen LogP contribution in [0.4, 0.5) is 0 Å². The lowest BCUT2D eigenvalue weighted by Gasteiger charge is -2.37. The molecule has 1 atom stereocenters. The van der Waals surface area contributed by atoms with Crippen molar-refractivity contribution in [3.8, 4) is 0 Å². The van der Waals surface area contributed by atoms with Crippen LogP contribution in [0.5, 0.6) is 0 Å². The van der Waals surface area contributed by atoms with Gasteiger partial charge in [-0.1, -0.05) is 181 Å². The number of carbonyl (C=O) groups excluding carboxylic acids is 2. The van der Waals surface area contributed by atoms with Crippen molar-refractivity contribution in [1.82, 2.24) is 9.62 Å². The molecule has 7 nitrogen and oxygen atoms in total. The standard InChI is InChI=1S/C52H102N2O5S/c1-6-10-13-16-21-28-36-48(9-4)58-50(55)39-31-24-19-26-33-42-54(44-35-41-53-60-47-52(5)45-57-46-52)43-34-27-20-25-32-40-51(56)59-49(37-29-22-17-14-11-7-2)38-30-23-18-15-12-8-3/h48-49,53H,6-47H2,1-5H3. The van der Waals surface area contributed by atoms with Gasteiger partial charge < -0.3 is 19.1 Å². The van der Waals surface area contributed by atoms with Crippen LogP contribution in [0.25, 0.3) is 0 Å². The molecule has 1 fully saturated rings. The van der Waals surface area contributed by atoms with Crippen molar-refractivity contribution < 1.29 is 23.8 Å². The summed E-state index contributed by atoms with van der Waals surface area (Å²) in [6, 6.07) is 0. The number of hydrogen-bond acceptors (Lipinski definition) is 8. The topological polar surface area (TPSA) is 77.1 Å². The Morgan fingerprint density at radius 3 is 1.35 bits per heavy atom. The van der Waals surface area contributed by atoms with E-state index in [0.29, 0.717) is 18.3 Å². The van der Waals surface area contributed by atoms with E-state index in [0.717, 1.165) is 96.5 Å². The van der Waals surface area contributed by atoms with E-state index in [1.54, 1.807) is 0 Å². The maximum absolute atomic E-state index is 12.9. The summed E-state index contributed by atoms with van der Waals surface area (Å²) in [7, 11) is 0. The van der Waals surface area contributed by atoms with E-state index < -0.39 is 0 Å². The van der Waals surface area contributed by atoms with E-state index in [-0.39, 0.29) is 24.1 Å². The molecule has 0 radical (unpaired) electrons. The number of esters is 2. The lowest BCUT2D eigenvalue weighted by atomic mass is 9.92. The molecule has 0 aromatic carbocycles. The maximum atomic E-state index is 12.9. The third-order valence-corrected chi connectivity index (χ3v) is 13.8. The zero-order valence-corrected chi connectivity index (χ0v) is 41.6. The average molecular weight is 867 g/mol. The molecule has 0 aromatic heterocycles. The van der Waals surface area contributed by atoms with Gasteiger partial charge in [0.2, 0.25) is 0 Å². The maximum Gasteiger partial charge on any atom is 0.306 e. The predicted molar refractivity (Wildman–Crippen MR) is 260 cm³/mol. The van der Waals surface area contributed by atoms with Crippen LogP contribution >= 0.6 is 11.9 Å². The SMILES string of the molecule is CCCCCCCCC(CC)OC(=O)CCCCCCCN(CCCCCCCC(=O)OC(CCCCCCCC)CCCCCCCC)CCCNSCC1(C)COC1. The van der Waals surface area contributed by atoms with Gasteiger partial charge in [-0.05, 0) is 96.7 Å². The highest BCUT2D eigenvalue weighted by molar-refractivity contribution is 7.97. The van der Waals surface area contributed by atoms with Crippen LogP contribution in [0.2, 0.25) is 0 Å². The second kappa shape index (κ2) is 42.1. The van der Waals surface area contributed by atoms with Crippen LogP contribution in [0.15, 0.2) is 0 Å². The summed E-state index contributed by atoms with van der Waals surface area (Å²) in [6.45, 7) is 17.5. The number of rotatable bonds is 47. The Bertz CT molecular complexity index is 933. The third-order valence-electron chi connectivity index (χ3n) is 12.6. The molecule has 1 aliphatic heterocycles. The molecule has 0 spiro atoms. The number of ether oxygens (including phenoxy) is 3. The zero-order chi connectivity index (χ0) is 43.6. The highest BCUT2D eigenvalue weighted by Gasteiger charge is 2.33. The quantitative estimate of drug-likeness (QED) is 0.0368. The predicted octanol–water partition coefficient (Wildman–Crippen LogP) is 15.1. The van der Waals surface area contributed by atoms with Crippen molar-refractivity contribution in [1.29, 1.82) is 0 Å². The van der Waals surface area contributed by atoms with Crippen LogP contribution < -0.4 is 4.72 Å². The largest absolute Gasteiger partial charge is 0.462 e. The van der Waals surface area contributed by atoms with Crippen molar-refractivity contribution >= 4 is 23.9 Å². The molecule has 0 saturated carbocycles. The zero-order valence-electron chi connectivity index (χ0n) is 40.7. The smallest absolute Gasteiger partial charge is 0.306 e. The lowest BCUT2D eigenvalue weighted by molar-refractivity contribution is -0.150. The first-order valence-corrected chi connectivity index (χ1v) is 27.4. The van der Waals surface area contributed by atoms with E-state index in [4.69, 9.17) is 14.2 Å². The summed E-state index contributed by atoms with van der Waals surface area (Å²) in [6.07, 6.45) is 41.1. The van der Waals surface area contributed by atoms with Crippen LogP contribution in [0, 0.1) is 5.41 Å². The number of unbranched alkanes of at least 4 members (excludes halogenated alkanes) is 23. The van der Waals surface area contributed by atoms with Gasteiger partial charge in [0.25, 0.3) is 0 Å². The van der Waals surface area contributed by atoms with Crippen LogP contribution in [0.3, 0.4) is 0 Å². The molecule has 0 bridgehead atoms. The Morgan fingerprint density at radius 1 is 0.533 bits per heavy atom. The van der Waals surface area contributed by atoms with E-state index in [1.807, 2.05) is 11.9 Å². The van der Waals surface area contributed by atoms with E-state index in [1.165, 1.54) is 161 Å². The summed E-state index contributed by atoms with van der Waals surface area (Å²) in [4.78, 5) is 28.1. The summed E-state index contributed by atoms with van der Waals surface area (Å²) in [5, 5.41) is 0. The fourth-order valence-corrected chi connectivity index (χ4v) is 9.27. The Balaban J connectivity index is 2.33. The van der Waals surface area contributed by atoms with Gasteiger partial charge in [0.05, 0.1) is 13.2 Å². The van der Waals surface area contributed by atoms with Crippen molar-refractivity contribution in [2.45, 2.75) is 272 Å². The second-order valence-corrected chi connectivity index (χ2v) is 19.9. The van der Waals surface area contributed by atoms with Crippen molar-refractivity contribution in [2.24, 2.45) is 5.41 Å². The van der Waals surface area contributed by atoms with Gasteiger partial charge in [-0.25, -0.2) is 0 Å². The van der Waals surface area contributed by atoms with E-state index in [2.05, 4.69) is 44.2 Å². The Kier molecular flexibility index (Phi) is 40.2. The molecule has 1 aliphatic rings. The van der Waals surface area contributed by atoms with Gasteiger partial charge in [-0.2, -0.15) is 0 Å². The summed E-state index contributed by atoms with van der Waals surface area (Å²) < 4.78 is 21.0. The van der Waals surface area contributed by atoms with Gasteiger partial charge in [0.15, 0.2) is 0 Å². The van der Waals surface area contributed by atoms with Crippen LogP contribution in [-0.2, 0) is 23.8 Å². The molecule has 8 heteroatoms. The van der Waals surface area contributed by atoms with Gasteiger partial charge in [0.1, 0.15) is 12.2 Å². The Labute approximate surface area is 378 Å². The highest BCUT2D eigenvalue weighted by atomic mass is 32.2. The highest BCUT2D eigenvalue weighted by Crippen LogP contribution is 2.29. The molecule has 356 valence electrons. The summed E-state index contributed by atoms with van der Waals surface area (Å²) in [5.74, 6) is 1.16. The van der Waals surface area contributed by atoms with E-state index >= 15 is 0 Å². The van der Waals surface area contributed by atoms with Crippen molar-refractivity contribution in [3.05, 3.63) is 0 Å². The molecule has 1 saturated heterocycles. The fourth-order valence-electron chi connectivity index (χ4n) is 8.37. The van der Waals surface area contributed by atoms with E-state index in [9.17, 15) is 9.59 Å². The van der Waals surface area contributed by atoms with Gasteiger partial charge in [0, 0.05) is 30.6 Å². The second-order valence-electron chi connectivity index (χ2n) is 19.0.